The highest BCUT2D eigenvalue weighted by molar-refractivity contribution is 7.99. The Kier molecular flexibility index (Phi) is 4.10. The van der Waals surface area contributed by atoms with Crippen molar-refractivity contribution in [2.45, 2.75) is 38.6 Å². The summed E-state index contributed by atoms with van der Waals surface area (Å²) in [5, 5.41) is 3.39. The molecule has 17 heavy (non-hydrogen) atoms. The molecule has 1 aliphatic rings. The third-order valence-corrected chi connectivity index (χ3v) is 3.82. The topological polar surface area (TPSA) is 63.8 Å². The van der Waals surface area contributed by atoms with E-state index in [-0.39, 0.29) is 0 Å². The van der Waals surface area contributed by atoms with E-state index in [1.165, 1.54) is 12.8 Å². The van der Waals surface area contributed by atoms with E-state index in [9.17, 15) is 0 Å². The van der Waals surface area contributed by atoms with Crippen LogP contribution < -0.4 is 11.1 Å². The summed E-state index contributed by atoms with van der Waals surface area (Å²) in [6.07, 6.45) is 2.40. The van der Waals surface area contributed by atoms with Gasteiger partial charge in [0.15, 0.2) is 0 Å². The molecular weight excluding hydrogens is 232 g/mol. The zero-order valence-electron chi connectivity index (χ0n) is 10.4. The van der Waals surface area contributed by atoms with Gasteiger partial charge in [0, 0.05) is 23.8 Å². The van der Waals surface area contributed by atoms with E-state index in [0.29, 0.717) is 17.8 Å². The lowest BCUT2D eigenvalue weighted by Gasteiger charge is -2.14. The van der Waals surface area contributed by atoms with Crippen LogP contribution in [0.1, 0.15) is 38.4 Å². The Hall–Kier alpha value is -0.970. The number of hydrogen-bond acceptors (Lipinski definition) is 5. The fourth-order valence-electron chi connectivity index (χ4n) is 1.67. The number of anilines is 2. The third kappa shape index (κ3) is 3.77. The Morgan fingerprint density at radius 3 is 2.94 bits per heavy atom. The highest BCUT2D eigenvalue weighted by Crippen LogP contribution is 2.38. The van der Waals surface area contributed by atoms with Crippen molar-refractivity contribution in [1.29, 1.82) is 0 Å². The maximum absolute atomic E-state index is 5.80. The van der Waals surface area contributed by atoms with Gasteiger partial charge in [-0.25, -0.2) is 9.97 Å². The maximum Gasteiger partial charge on any atom is 0.136 e. The lowest BCUT2D eigenvalue weighted by atomic mass is 10.3. The van der Waals surface area contributed by atoms with Crippen LogP contribution in [0.5, 0.6) is 0 Å². The van der Waals surface area contributed by atoms with Crippen LogP contribution in [0.3, 0.4) is 0 Å². The SMILES string of the molecule is CCSCC(C)Nc1cc(N)nc(C2CC2)n1. The Bertz CT molecular complexity index is 379. The van der Waals surface area contributed by atoms with Crippen molar-refractivity contribution < 1.29 is 0 Å². The molecule has 1 unspecified atom stereocenters. The average molecular weight is 252 g/mol. The molecule has 1 aromatic heterocycles. The van der Waals surface area contributed by atoms with Gasteiger partial charge < -0.3 is 11.1 Å². The summed E-state index contributed by atoms with van der Waals surface area (Å²) >= 11 is 1.93. The molecule has 0 radical (unpaired) electrons. The quantitative estimate of drug-likeness (QED) is 0.814. The number of nitrogens with two attached hydrogens (primary N) is 1. The van der Waals surface area contributed by atoms with Crippen molar-refractivity contribution in [1.82, 2.24) is 9.97 Å². The van der Waals surface area contributed by atoms with E-state index in [4.69, 9.17) is 5.73 Å². The number of nitrogens with zero attached hydrogens (tertiary/aromatic N) is 2. The first kappa shape index (κ1) is 12.5. The first-order chi connectivity index (χ1) is 8.19. The zero-order chi connectivity index (χ0) is 12.3. The molecule has 1 aliphatic carbocycles. The summed E-state index contributed by atoms with van der Waals surface area (Å²) in [6.45, 7) is 4.34. The van der Waals surface area contributed by atoms with E-state index in [2.05, 4.69) is 29.1 Å². The second kappa shape index (κ2) is 5.58. The summed E-state index contributed by atoms with van der Waals surface area (Å²) < 4.78 is 0. The Morgan fingerprint density at radius 2 is 2.29 bits per heavy atom. The summed E-state index contributed by atoms with van der Waals surface area (Å²) in [4.78, 5) is 8.82. The van der Waals surface area contributed by atoms with Crippen molar-refractivity contribution in [3.05, 3.63) is 11.9 Å². The number of rotatable bonds is 6. The molecule has 0 aliphatic heterocycles. The normalized spacial score (nSPS) is 16.8. The molecule has 2 rings (SSSR count). The van der Waals surface area contributed by atoms with Gasteiger partial charge in [0.25, 0.3) is 0 Å². The zero-order valence-corrected chi connectivity index (χ0v) is 11.3. The Balaban J connectivity index is 1.99. The van der Waals surface area contributed by atoms with Crippen molar-refractivity contribution in [2.75, 3.05) is 22.6 Å². The average Bonchev–Trinajstić information content (AvgIpc) is 3.09. The number of nitrogens with one attached hydrogen (secondary N) is 1. The van der Waals surface area contributed by atoms with Crippen molar-refractivity contribution in [2.24, 2.45) is 0 Å². The van der Waals surface area contributed by atoms with E-state index in [0.717, 1.165) is 23.1 Å². The molecule has 4 nitrogen and oxygen atoms in total. The van der Waals surface area contributed by atoms with Gasteiger partial charge in [-0.15, -0.1) is 0 Å². The Labute approximate surface area is 107 Å². The minimum atomic E-state index is 0.404. The number of hydrogen-bond donors (Lipinski definition) is 2. The van der Waals surface area contributed by atoms with Crippen LogP contribution in [0.2, 0.25) is 0 Å². The van der Waals surface area contributed by atoms with E-state index in [1.807, 2.05) is 17.8 Å². The van der Waals surface area contributed by atoms with Crippen molar-refractivity contribution >= 4 is 23.4 Å². The molecule has 0 aromatic carbocycles. The number of nitrogen functional groups attached to an aromatic ring is 1. The minimum Gasteiger partial charge on any atom is -0.384 e. The number of aromatic nitrogens is 2. The van der Waals surface area contributed by atoms with Gasteiger partial charge in [-0.3, -0.25) is 0 Å². The molecular formula is C12H20N4S. The second-order valence-electron chi connectivity index (χ2n) is 4.52. The van der Waals surface area contributed by atoms with Crippen LogP contribution >= 0.6 is 11.8 Å². The molecule has 94 valence electrons. The van der Waals surface area contributed by atoms with Crippen LogP contribution in [0, 0.1) is 0 Å². The first-order valence-electron chi connectivity index (χ1n) is 6.17. The highest BCUT2D eigenvalue weighted by Gasteiger charge is 2.27. The van der Waals surface area contributed by atoms with E-state index < -0.39 is 0 Å². The highest BCUT2D eigenvalue weighted by atomic mass is 32.2. The van der Waals surface area contributed by atoms with Gasteiger partial charge >= 0.3 is 0 Å². The van der Waals surface area contributed by atoms with Gasteiger partial charge in [0.1, 0.15) is 17.5 Å². The number of thioether (sulfide) groups is 1. The third-order valence-electron chi connectivity index (χ3n) is 2.67. The molecule has 0 bridgehead atoms. The molecule has 0 saturated heterocycles. The largest absolute Gasteiger partial charge is 0.384 e. The van der Waals surface area contributed by atoms with Gasteiger partial charge in [0.2, 0.25) is 0 Å². The molecule has 1 heterocycles. The van der Waals surface area contributed by atoms with Crippen LogP contribution in [-0.2, 0) is 0 Å². The first-order valence-corrected chi connectivity index (χ1v) is 7.33. The molecule has 1 fully saturated rings. The van der Waals surface area contributed by atoms with Crippen LogP contribution in [0.25, 0.3) is 0 Å². The molecule has 1 atom stereocenters. The summed E-state index contributed by atoms with van der Waals surface area (Å²) in [5.74, 6) is 5.11. The lowest BCUT2D eigenvalue weighted by molar-refractivity contribution is 0.875. The fourth-order valence-corrected chi connectivity index (χ4v) is 2.34. The molecule has 5 heteroatoms. The maximum atomic E-state index is 5.80. The van der Waals surface area contributed by atoms with Crippen molar-refractivity contribution in [3.63, 3.8) is 0 Å². The molecule has 1 saturated carbocycles. The van der Waals surface area contributed by atoms with E-state index >= 15 is 0 Å². The predicted octanol–water partition coefficient (Wildman–Crippen LogP) is 2.49. The molecule has 0 spiro atoms. The summed E-state index contributed by atoms with van der Waals surface area (Å²) in [6, 6.07) is 2.22. The van der Waals surface area contributed by atoms with E-state index in [1.54, 1.807) is 0 Å². The monoisotopic (exact) mass is 252 g/mol. The molecule has 3 N–H and O–H groups in total. The smallest absolute Gasteiger partial charge is 0.136 e. The molecule has 1 aromatic rings. The van der Waals surface area contributed by atoms with Crippen LogP contribution in [-0.4, -0.2) is 27.5 Å². The van der Waals surface area contributed by atoms with Gasteiger partial charge in [-0.2, -0.15) is 11.8 Å². The minimum absolute atomic E-state index is 0.404. The van der Waals surface area contributed by atoms with Crippen molar-refractivity contribution in [3.8, 4) is 0 Å². The Morgan fingerprint density at radius 1 is 1.53 bits per heavy atom. The summed E-state index contributed by atoms with van der Waals surface area (Å²) in [5.41, 5.74) is 5.80. The van der Waals surface area contributed by atoms with Gasteiger partial charge in [0.05, 0.1) is 0 Å². The van der Waals surface area contributed by atoms with Crippen LogP contribution in [0.15, 0.2) is 6.07 Å². The standard InChI is InChI=1S/C12H20N4S/c1-3-17-7-8(2)14-11-6-10(13)15-12(16-11)9-4-5-9/h6,8-9H,3-5,7H2,1-2H3,(H3,13,14,15,16). The van der Waals surface area contributed by atoms with Gasteiger partial charge in [-0.1, -0.05) is 6.92 Å². The second-order valence-corrected chi connectivity index (χ2v) is 5.83. The van der Waals surface area contributed by atoms with Gasteiger partial charge in [-0.05, 0) is 25.5 Å². The fraction of sp³-hybridized carbons (Fsp3) is 0.667. The summed E-state index contributed by atoms with van der Waals surface area (Å²) in [7, 11) is 0. The predicted molar refractivity (Wildman–Crippen MR) is 74.5 cm³/mol. The molecule has 0 amide bonds. The lowest BCUT2D eigenvalue weighted by Crippen LogP contribution is -2.19. The van der Waals surface area contributed by atoms with Crippen LogP contribution in [0.4, 0.5) is 11.6 Å².